The average molecular weight is 420 g/mol. The second-order valence-corrected chi connectivity index (χ2v) is 9.68. The monoisotopic (exact) mass is 419 g/mol. The highest BCUT2D eigenvalue weighted by Gasteiger charge is 2.32. The van der Waals surface area contributed by atoms with Gasteiger partial charge in [0.15, 0.2) is 0 Å². The van der Waals surface area contributed by atoms with Gasteiger partial charge in [0.25, 0.3) is 0 Å². The third-order valence-electron chi connectivity index (χ3n) is 5.75. The van der Waals surface area contributed by atoms with Crippen molar-refractivity contribution in [1.29, 1.82) is 0 Å². The zero-order chi connectivity index (χ0) is 19.1. The molecular formula is C23H35N2O3S. The number of amides is 1. The molecule has 1 saturated heterocycles. The number of nitrogens with one attached hydrogen (secondary N) is 1. The average Bonchev–Trinajstić information content (AvgIpc) is 3.12. The minimum atomic E-state index is -3.40. The third kappa shape index (κ3) is 7.10. The molecule has 1 aliphatic carbocycles. The van der Waals surface area contributed by atoms with Crippen molar-refractivity contribution in [2.45, 2.75) is 62.7 Å². The Bertz CT molecular complexity index is 698. The van der Waals surface area contributed by atoms with E-state index >= 15 is 0 Å². The van der Waals surface area contributed by atoms with Crippen molar-refractivity contribution in [3.63, 3.8) is 0 Å². The number of nitrogens with zero attached hydrogens (tertiary/aromatic N) is 1. The molecule has 1 unspecified atom stereocenters. The minimum absolute atomic E-state index is 0. The van der Waals surface area contributed by atoms with Gasteiger partial charge in [0.1, 0.15) is 0 Å². The van der Waals surface area contributed by atoms with Gasteiger partial charge in [-0.15, -0.1) is 0 Å². The molecule has 0 spiro atoms. The standard InChI is InChI=1S/C21H31N2O3S.2CH2/c24-21(19-9-5-2-1-3-6-10-19)22-15-13-18-14-16-23(17-18)27(25,26)20-11-7-4-8-12-20;;/h4,7-8,11-12,18H,1-3,5-6,9-10,13-17H2,(H,22,24);2*1H2. The molecule has 6 heteroatoms. The first-order chi connectivity index (χ1) is 13.1. The van der Waals surface area contributed by atoms with Gasteiger partial charge < -0.3 is 5.32 Å². The SMILES string of the molecule is O=C(NCCC1CCN(S(=O)(=O)c2ccccc2)C1)[C]1CCCCCCC1.[CH2].[CH2]. The number of rotatable bonds is 6. The van der Waals surface area contributed by atoms with Gasteiger partial charge >= 0.3 is 0 Å². The Morgan fingerprint density at radius 3 is 2.28 bits per heavy atom. The van der Waals surface area contributed by atoms with Crippen molar-refractivity contribution < 1.29 is 13.2 Å². The van der Waals surface area contributed by atoms with E-state index in [0.29, 0.717) is 30.4 Å². The van der Waals surface area contributed by atoms with E-state index in [4.69, 9.17) is 0 Å². The van der Waals surface area contributed by atoms with Gasteiger partial charge in [-0.2, -0.15) is 4.31 Å². The topological polar surface area (TPSA) is 66.5 Å². The number of benzene rings is 1. The van der Waals surface area contributed by atoms with Gasteiger partial charge in [0.2, 0.25) is 15.9 Å². The summed E-state index contributed by atoms with van der Waals surface area (Å²) in [7, 11) is -3.40. The molecule has 5 radical (unpaired) electrons. The molecule has 29 heavy (non-hydrogen) atoms. The molecule has 1 aromatic carbocycles. The molecule has 3 rings (SSSR count). The largest absolute Gasteiger partial charge is 0.356 e. The normalized spacial score (nSPS) is 21.3. The van der Waals surface area contributed by atoms with Gasteiger partial charge in [-0.05, 0) is 43.7 Å². The number of hydrogen-bond acceptors (Lipinski definition) is 3. The molecule has 1 atom stereocenters. The van der Waals surface area contributed by atoms with Crippen molar-refractivity contribution in [3.05, 3.63) is 51.1 Å². The van der Waals surface area contributed by atoms with E-state index in [9.17, 15) is 13.2 Å². The second kappa shape index (κ2) is 12.3. The predicted octanol–water partition coefficient (Wildman–Crippen LogP) is 4.18. The smallest absolute Gasteiger partial charge is 0.243 e. The zero-order valence-corrected chi connectivity index (χ0v) is 18.3. The van der Waals surface area contributed by atoms with Gasteiger partial charge in [0.05, 0.1) is 10.8 Å². The fraction of sp³-hybridized carbons (Fsp3) is 0.565. The first-order valence-electron chi connectivity index (χ1n) is 10.3. The van der Waals surface area contributed by atoms with E-state index in [1.54, 1.807) is 28.6 Å². The fourth-order valence-electron chi connectivity index (χ4n) is 4.07. The van der Waals surface area contributed by atoms with E-state index < -0.39 is 10.0 Å². The summed E-state index contributed by atoms with van der Waals surface area (Å²) in [4.78, 5) is 12.8. The van der Waals surface area contributed by atoms with Crippen LogP contribution in [0, 0.1) is 26.7 Å². The van der Waals surface area contributed by atoms with Crippen LogP contribution in [-0.2, 0) is 14.8 Å². The summed E-state index contributed by atoms with van der Waals surface area (Å²) in [5.74, 6) is 1.48. The first kappa shape index (κ1) is 25.6. The molecule has 1 heterocycles. The maximum Gasteiger partial charge on any atom is 0.243 e. The number of hydrogen-bond donors (Lipinski definition) is 1. The van der Waals surface area contributed by atoms with Crippen molar-refractivity contribution in [2.24, 2.45) is 5.92 Å². The molecule has 0 bridgehead atoms. The van der Waals surface area contributed by atoms with Crippen LogP contribution < -0.4 is 5.32 Å². The summed E-state index contributed by atoms with van der Waals surface area (Å²) in [5, 5.41) is 3.07. The van der Waals surface area contributed by atoms with Crippen LogP contribution in [0.5, 0.6) is 0 Å². The Kier molecular flexibility index (Phi) is 10.9. The van der Waals surface area contributed by atoms with E-state index in [1.165, 1.54) is 19.3 Å². The van der Waals surface area contributed by atoms with E-state index in [0.717, 1.165) is 44.4 Å². The number of sulfonamides is 1. The van der Waals surface area contributed by atoms with Gasteiger partial charge in [-0.1, -0.05) is 65.2 Å². The number of carbonyl (C=O) groups excluding carboxylic acids is 1. The van der Waals surface area contributed by atoms with Crippen molar-refractivity contribution in [3.8, 4) is 0 Å². The van der Waals surface area contributed by atoms with Crippen molar-refractivity contribution in [2.75, 3.05) is 19.6 Å². The van der Waals surface area contributed by atoms with E-state index in [1.807, 2.05) is 6.07 Å². The second-order valence-electron chi connectivity index (χ2n) is 7.75. The summed E-state index contributed by atoms with van der Waals surface area (Å²) < 4.78 is 26.9. The zero-order valence-electron chi connectivity index (χ0n) is 17.4. The van der Waals surface area contributed by atoms with Gasteiger partial charge in [0, 0.05) is 19.6 Å². The Balaban J connectivity index is 0.00000210. The quantitative estimate of drug-likeness (QED) is 0.752. The third-order valence-corrected chi connectivity index (χ3v) is 7.63. The van der Waals surface area contributed by atoms with Crippen molar-refractivity contribution >= 4 is 15.9 Å². The van der Waals surface area contributed by atoms with Crippen LogP contribution in [0.2, 0.25) is 0 Å². The molecular weight excluding hydrogens is 384 g/mol. The number of carbonyl (C=O) groups is 1. The van der Waals surface area contributed by atoms with Crippen LogP contribution in [0.1, 0.15) is 57.8 Å². The molecule has 5 nitrogen and oxygen atoms in total. The lowest BCUT2D eigenvalue weighted by atomic mass is 9.90. The Hall–Kier alpha value is -1.40. The van der Waals surface area contributed by atoms with Crippen LogP contribution in [0.15, 0.2) is 35.2 Å². The van der Waals surface area contributed by atoms with Crippen LogP contribution >= 0.6 is 0 Å². The summed E-state index contributed by atoms with van der Waals surface area (Å²) in [5.41, 5.74) is 0. The first-order valence-corrected chi connectivity index (χ1v) is 11.7. The molecule has 1 N–H and O–H groups in total. The summed E-state index contributed by atoms with van der Waals surface area (Å²) in [6.45, 7) is 1.74. The molecule has 161 valence electrons. The van der Waals surface area contributed by atoms with Crippen LogP contribution in [0.25, 0.3) is 0 Å². The van der Waals surface area contributed by atoms with E-state index in [2.05, 4.69) is 5.32 Å². The van der Waals surface area contributed by atoms with Crippen molar-refractivity contribution in [1.82, 2.24) is 9.62 Å². The minimum Gasteiger partial charge on any atom is -0.356 e. The van der Waals surface area contributed by atoms with Gasteiger partial charge in [-0.25, -0.2) is 8.42 Å². The highest BCUT2D eigenvalue weighted by molar-refractivity contribution is 7.89. The molecule has 0 aromatic heterocycles. The maximum absolute atomic E-state index is 12.7. The lowest BCUT2D eigenvalue weighted by molar-refractivity contribution is -0.119. The Morgan fingerprint density at radius 1 is 1.00 bits per heavy atom. The summed E-state index contributed by atoms with van der Waals surface area (Å²) in [6, 6.07) is 8.62. The van der Waals surface area contributed by atoms with Crippen LogP contribution in [0.3, 0.4) is 0 Å². The molecule has 2 fully saturated rings. The highest BCUT2D eigenvalue weighted by Crippen LogP contribution is 2.26. The molecule has 1 amide bonds. The Labute approximate surface area is 178 Å². The predicted molar refractivity (Wildman–Crippen MR) is 117 cm³/mol. The highest BCUT2D eigenvalue weighted by atomic mass is 32.2. The lowest BCUT2D eigenvalue weighted by Gasteiger charge is -2.19. The molecule has 1 saturated carbocycles. The molecule has 1 aromatic rings. The van der Waals surface area contributed by atoms with Crippen LogP contribution in [0.4, 0.5) is 0 Å². The molecule has 1 aliphatic heterocycles. The fourth-order valence-corrected chi connectivity index (χ4v) is 5.62. The Morgan fingerprint density at radius 2 is 1.62 bits per heavy atom. The van der Waals surface area contributed by atoms with Crippen LogP contribution in [-0.4, -0.2) is 38.3 Å². The summed E-state index contributed by atoms with van der Waals surface area (Å²) >= 11 is 0. The van der Waals surface area contributed by atoms with Gasteiger partial charge in [-0.3, -0.25) is 4.79 Å². The molecule has 2 aliphatic rings. The maximum atomic E-state index is 12.7. The lowest BCUT2D eigenvalue weighted by Crippen LogP contribution is -2.32. The van der Waals surface area contributed by atoms with E-state index in [-0.39, 0.29) is 20.8 Å². The summed E-state index contributed by atoms with van der Waals surface area (Å²) in [6.07, 6.45) is 9.54.